The van der Waals surface area contributed by atoms with Crippen LogP contribution in [0.5, 0.6) is 34.5 Å². The Morgan fingerprint density at radius 2 is 0.701 bits per heavy atom. The number of nitrogens with one attached hydrogen (secondary N) is 3. The predicted molar refractivity (Wildman–Crippen MR) is 545 cm³/mol. The van der Waals surface area contributed by atoms with E-state index in [0.717, 1.165) is 112 Å². The topological polar surface area (TPSA) is 344 Å². The molecule has 0 unspecified atom stereocenters. The number of amides is 9. The summed E-state index contributed by atoms with van der Waals surface area (Å²) in [5.41, 5.74) is 11.5. The van der Waals surface area contributed by atoms with Crippen molar-refractivity contribution in [2.45, 2.75) is 102 Å². The molecule has 9 amide bonds. The Bertz CT molecular complexity index is 6560. The largest absolute Gasteiger partial charge is 0.493 e. The summed E-state index contributed by atoms with van der Waals surface area (Å²) < 4.78 is 39.7. The maximum absolute atomic E-state index is 14.4. The maximum atomic E-state index is 14.4. The molecule has 9 aromatic carbocycles. The van der Waals surface area contributed by atoms with Crippen LogP contribution in [-0.2, 0) is 7.05 Å². The molecule has 9 heterocycles. The van der Waals surface area contributed by atoms with Crippen molar-refractivity contribution in [1.29, 1.82) is 0 Å². The van der Waals surface area contributed by atoms with E-state index >= 15 is 0 Å². The Morgan fingerprint density at radius 1 is 0.361 bits per heavy atom. The Morgan fingerprint density at radius 3 is 1.01 bits per heavy atom. The van der Waals surface area contributed by atoms with Gasteiger partial charge < -0.3 is 68.2 Å². The third-order valence-corrected chi connectivity index (χ3v) is 28.1. The molecule has 0 aliphatic carbocycles. The van der Waals surface area contributed by atoms with E-state index < -0.39 is 18.1 Å². The van der Waals surface area contributed by atoms with Crippen molar-refractivity contribution in [3.8, 4) is 34.5 Å². The highest BCUT2D eigenvalue weighted by Gasteiger charge is 2.48. The number of carbonyl (C=O) groups is 9. The smallest absolute Gasteiger partial charge is 0.287 e. The fourth-order valence-corrected chi connectivity index (χ4v) is 20.1. The van der Waals surface area contributed by atoms with Crippen LogP contribution in [0.1, 0.15) is 228 Å². The summed E-state index contributed by atoms with van der Waals surface area (Å²) in [5.74, 6) is 1.13. The summed E-state index contributed by atoms with van der Waals surface area (Å²) >= 11 is 0. The molecule has 3 N–H and O–H groups in total. The zero-order valence-corrected chi connectivity index (χ0v) is 83.1. The normalized spacial score (nSPS) is 16.0. The number of piperazine rings is 3. The standard InChI is InChI=1S/C37H42N6O5.C37H40N6O5.C37H41N5O6/c1-25(26-10-6-5-7-11-26)41-20-22-42(23-21-41)30-13-8-12-28-33(30)37(46)43(36(28)45)29(27-15-16-31(47-3)32(24-27)48-4)14-9-17-39-35(44)34-38-18-19-40(34)2;1-25(26-9-5-4-6-10-26)41-19-21-42(22-20-41)31-12-7-11-29-34(31)37(46)43(36(29)45)30(27-14-15-32(47-2)33(23-27)48-3)13-8-17-38-35(44)28-16-18-39-40-24-28;1-24-22-29(39-48-24)35(43)38-17-9-14-30(27-15-16-32(46-3)33(23-27)47-4)42-36(44)28-12-8-13-31(34(28)37(42)45)41-20-18-40(19-21-41)25(2)26-10-6-5-7-11-26/h5-8,10-13,15-16,18-19,24-25,29H,9,14,17,20-23H2,1-4H3,(H,39,44);4-7,9-12,14-16,18,23-25,30H,8,13,17,19-22H2,1-3H3,(H,38,44);5-8,10-13,15-16,22-23,25,30H,9,14,17-21H2,1-4H3,(H,38,43)/t25-,29-;2*25-,30-/m111/s1. The molecule has 18 rings (SSSR count). The van der Waals surface area contributed by atoms with Crippen LogP contribution in [-0.4, -0.2) is 248 Å². The highest BCUT2D eigenvalue weighted by atomic mass is 16.5. The molecule has 0 spiro atoms. The monoisotopic (exact) mass is 1950 g/mol. The minimum Gasteiger partial charge on any atom is -0.493 e. The molecule has 0 saturated carbocycles. The number of imidazole rings is 1. The van der Waals surface area contributed by atoms with Gasteiger partial charge >= 0.3 is 0 Å². The van der Waals surface area contributed by atoms with Crippen molar-refractivity contribution in [3.63, 3.8) is 0 Å². The molecule has 748 valence electrons. The van der Waals surface area contributed by atoms with Gasteiger partial charge in [0.1, 0.15) is 5.76 Å². The number of aromatic nitrogens is 5. The van der Waals surface area contributed by atoms with Crippen LogP contribution >= 0.6 is 0 Å². The van der Waals surface area contributed by atoms with E-state index in [0.29, 0.717) is 143 Å². The minimum absolute atomic E-state index is 0.201. The third kappa shape index (κ3) is 22.2. The lowest BCUT2D eigenvalue weighted by Crippen LogP contribution is -2.47. The lowest BCUT2D eigenvalue weighted by Gasteiger charge is -2.39. The maximum Gasteiger partial charge on any atom is 0.287 e. The van der Waals surface area contributed by atoms with Gasteiger partial charge in [0.25, 0.3) is 53.2 Å². The summed E-state index contributed by atoms with van der Waals surface area (Å²) in [7, 11) is 11.1. The molecule has 12 aromatic rings. The fourth-order valence-electron chi connectivity index (χ4n) is 20.1. The molecule has 0 bridgehead atoms. The van der Waals surface area contributed by atoms with Crippen molar-refractivity contribution in [2.75, 3.05) is 156 Å². The van der Waals surface area contributed by atoms with Gasteiger partial charge in [0.05, 0.1) is 129 Å². The van der Waals surface area contributed by atoms with E-state index in [1.165, 1.54) is 43.8 Å². The minimum atomic E-state index is -0.611. The van der Waals surface area contributed by atoms with Gasteiger partial charge in [-0.15, -0.1) is 0 Å². The van der Waals surface area contributed by atoms with Gasteiger partial charge in [-0.2, -0.15) is 10.2 Å². The number of imide groups is 3. The van der Waals surface area contributed by atoms with E-state index in [1.54, 1.807) is 128 Å². The number of nitrogens with zero attached hydrogens (tertiary/aromatic N) is 14. The van der Waals surface area contributed by atoms with E-state index in [9.17, 15) is 43.2 Å². The number of anilines is 3. The first-order chi connectivity index (χ1) is 70.0. The molecule has 6 aliphatic heterocycles. The van der Waals surface area contributed by atoms with Crippen LogP contribution in [0.3, 0.4) is 0 Å². The number of carbonyl (C=O) groups excluding carboxylic acids is 9. The summed E-state index contributed by atoms with van der Waals surface area (Å²) in [6, 6.07) is 66.5. The average Bonchev–Trinajstić information content (AvgIpc) is 1.60. The van der Waals surface area contributed by atoms with Crippen molar-refractivity contribution in [1.82, 2.24) is 70.3 Å². The quantitative estimate of drug-likeness (QED) is 0.0242. The van der Waals surface area contributed by atoms with Gasteiger partial charge in [0.15, 0.2) is 46.0 Å². The lowest BCUT2D eigenvalue weighted by atomic mass is 9.99. The molecular weight excluding hydrogens is 1830 g/mol. The van der Waals surface area contributed by atoms with Gasteiger partial charge in [-0.3, -0.25) is 72.6 Å². The van der Waals surface area contributed by atoms with Crippen molar-refractivity contribution in [2.24, 2.45) is 7.05 Å². The first-order valence-corrected chi connectivity index (χ1v) is 48.9. The Kier molecular flexibility index (Phi) is 33.0. The first kappa shape index (κ1) is 101. The highest BCUT2D eigenvalue weighted by molar-refractivity contribution is 6.26. The zero-order chi connectivity index (χ0) is 101. The van der Waals surface area contributed by atoms with E-state index in [1.807, 2.05) is 84.9 Å². The van der Waals surface area contributed by atoms with E-state index in [4.69, 9.17) is 32.9 Å². The fraction of sp³-hybridized carbons (Fsp3) is 0.342. The number of hydrogen-bond donors (Lipinski definition) is 3. The summed E-state index contributed by atoms with van der Waals surface area (Å²) in [4.78, 5) is 146. The molecule has 3 saturated heterocycles. The van der Waals surface area contributed by atoms with Crippen LogP contribution < -0.4 is 59.1 Å². The molecule has 0 radical (unpaired) electrons. The number of aryl methyl sites for hydroxylation is 2. The molecular formula is C111H123N17O16. The van der Waals surface area contributed by atoms with Crippen molar-refractivity contribution >= 4 is 70.2 Å². The molecule has 33 nitrogen and oxygen atoms in total. The van der Waals surface area contributed by atoms with Gasteiger partial charge in [0, 0.05) is 142 Å². The van der Waals surface area contributed by atoms with Crippen molar-refractivity contribution < 1.29 is 76.1 Å². The average molecular weight is 1950 g/mol. The summed E-state index contributed by atoms with van der Waals surface area (Å²) in [6.07, 6.45) is 8.91. The van der Waals surface area contributed by atoms with Crippen LogP contribution in [0, 0.1) is 6.92 Å². The second kappa shape index (κ2) is 46.9. The third-order valence-electron chi connectivity index (χ3n) is 28.1. The van der Waals surface area contributed by atoms with E-state index in [2.05, 4.69) is 159 Å². The molecule has 6 atom stereocenters. The molecule has 33 heteroatoms. The van der Waals surface area contributed by atoms with Gasteiger partial charge in [-0.05, 0) is 178 Å². The first-order valence-electron chi connectivity index (χ1n) is 48.9. The number of ether oxygens (including phenoxy) is 6. The second-order valence-electron chi connectivity index (χ2n) is 36.3. The van der Waals surface area contributed by atoms with Crippen LogP contribution in [0.15, 0.2) is 242 Å². The number of methoxy groups -OCH3 is 6. The number of benzene rings is 9. The Labute approximate surface area is 838 Å². The number of fused-ring (bicyclic) bond motifs is 3. The molecule has 3 aromatic heterocycles. The van der Waals surface area contributed by atoms with Crippen LogP contribution in [0.2, 0.25) is 0 Å². The number of rotatable bonds is 36. The van der Waals surface area contributed by atoms with Crippen molar-refractivity contribution in [3.05, 3.63) is 327 Å². The van der Waals surface area contributed by atoms with Gasteiger partial charge in [0.2, 0.25) is 0 Å². The molecule has 6 aliphatic rings. The summed E-state index contributed by atoms with van der Waals surface area (Å²) in [5, 5.41) is 19.9. The zero-order valence-electron chi connectivity index (χ0n) is 83.1. The van der Waals surface area contributed by atoms with Crippen LogP contribution in [0.25, 0.3) is 0 Å². The van der Waals surface area contributed by atoms with Crippen LogP contribution in [0.4, 0.5) is 17.1 Å². The second-order valence-corrected chi connectivity index (χ2v) is 36.3. The van der Waals surface area contributed by atoms with Gasteiger partial charge in [-0.25, -0.2) is 4.98 Å². The summed E-state index contributed by atoms with van der Waals surface area (Å²) in [6.45, 7) is 18.8. The molecule has 3 fully saturated rings. The number of hydrogen-bond acceptors (Lipinski definition) is 26. The van der Waals surface area contributed by atoms with E-state index in [-0.39, 0.29) is 77.0 Å². The lowest BCUT2D eigenvalue weighted by molar-refractivity contribution is 0.0556. The Balaban J connectivity index is 0.000000155. The van der Waals surface area contributed by atoms with Gasteiger partial charge in [-0.1, -0.05) is 133 Å². The Hall–Kier alpha value is -15.6. The SMILES string of the molecule is COc1ccc([C@@H](CCCNC(=O)c2cc(C)on2)N2C(=O)c3cccc(N4CCN([C@H](C)c5ccccc5)CC4)c3C2=O)cc1OC.COc1ccc([C@@H](CCCNC(=O)c2ccnnc2)N2C(=O)c3cccc(N4CCN([C@H](C)c5ccccc5)CC4)c3C2=O)cc1OC.COc1ccc([C@@H](CCCNC(=O)c2nccn2C)N2C(=O)c3cccc(N4CCN([C@H](C)c5ccccc5)CC4)c3C2=O)cc1OC. The molecule has 144 heavy (non-hydrogen) atoms. The highest BCUT2D eigenvalue weighted by Crippen LogP contribution is 2.46. The predicted octanol–water partition coefficient (Wildman–Crippen LogP) is 15.2.